The lowest BCUT2D eigenvalue weighted by molar-refractivity contribution is 0.0175. The fraction of sp³-hybridized carbons (Fsp3) is 0.370. The van der Waals surface area contributed by atoms with Gasteiger partial charge in [0.1, 0.15) is 0 Å². The van der Waals surface area contributed by atoms with Gasteiger partial charge in [-0.15, -0.1) is 0 Å². The third-order valence-electron chi connectivity index (χ3n) is 6.34. The molecule has 4 heteroatoms. The van der Waals surface area contributed by atoms with Gasteiger partial charge < -0.3 is 0 Å². The quantitative estimate of drug-likeness (QED) is 0.459. The molecule has 1 aromatic heterocycles. The molecule has 0 atom stereocenters. The zero-order valence-corrected chi connectivity index (χ0v) is 18.8. The first-order chi connectivity index (χ1) is 14.6. The fourth-order valence-corrected chi connectivity index (χ4v) is 4.46. The minimum Gasteiger partial charge on any atom is -0.293 e. The molecule has 2 heterocycles. The second kappa shape index (κ2) is 8.16. The van der Waals surface area contributed by atoms with Gasteiger partial charge in [-0.2, -0.15) is 0 Å². The molecule has 0 unspecified atom stereocenters. The average Bonchev–Trinajstić information content (AvgIpc) is 2.83. The first kappa shape index (κ1) is 21.6. The number of hydrogen-bond acceptors (Lipinski definition) is 2. The van der Waals surface area contributed by atoms with E-state index in [9.17, 15) is 8.78 Å². The molecule has 3 aromatic rings. The second-order valence-corrected chi connectivity index (χ2v) is 9.45. The summed E-state index contributed by atoms with van der Waals surface area (Å²) < 4.78 is 27.2. The molecule has 4 rings (SSSR count). The van der Waals surface area contributed by atoms with Crippen LogP contribution in [0.3, 0.4) is 0 Å². The lowest BCUT2D eigenvalue weighted by atomic mass is 9.79. The minimum atomic E-state index is -2.82. The van der Waals surface area contributed by atoms with E-state index in [4.69, 9.17) is 0 Å². The van der Waals surface area contributed by atoms with Crippen LogP contribution in [-0.4, -0.2) is 16.4 Å². The van der Waals surface area contributed by atoms with Gasteiger partial charge >= 0.3 is 0 Å². The van der Waals surface area contributed by atoms with Gasteiger partial charge in [-0.25, -0.2) is 8.78 Å². The van der Waals surface area contributed by atoms with E-state index < -0.39 is 5.92 Å². The summed E-state index contributed by atoms with van der Waals surface area (Å²) in [7, 11) is 0. The topological polar surface area (TPSA) is 16.1 Å². The lowest BCUT2D eigenvalue weighted by Gasteiger charge is -2.25. The van der Waals surface area contributed by atoms with Gasteiger partial charge in [0.15, 0.2) is 0 Å². The third kappa shape index (κ3) is 4.85. The molecular weight excluding hydrogens is 390 g/mol. The van der Waals surface area contributed by atoms with Crippen molar-refractivity contribution in [2.75, 3.05) is 6.54 Å². The Labute approximate surface area is 183 Å². The smallest absolute Gasteiger partial charge is 0.270 e. The van der Waals surface area contributed by atoms with Gasteiger partial charge in [-0.3, -0.25) is 9.88 Å². The summed E-state index contributed by atoms with van der Waals surface area (Å²) in [5, 5.41) is 0. The molecule has 0 saturated heterocycles. The summed E-state index contributed by atoms with van der Waals surface area (Å²) >= 11 is 0. The van der Waals surface area contributed by atoms with E-state index in [0.29, 0.717) is 0 Å². The van der Waals surface area contributed by atoms with Gasteiger partial charge in [0, 0.05) is 31.3 Å². The number of hydrogen-bond donors (Lipinski definition) is 0. The van der Waals surface area contributed by atoms with Crippen LogP contribution < -0.4 is 0 Å². The number of aromatic nitrogens is 1. The first-order valence-corrected chi connectivity index (χ1v) is 10.9. The van der Waals surface area contributed by atoms with Crippen molar-refractivity contribution in [2.24, 2.45) is 0 Å². The minimum absolute atomic E-state index is 0.0453. The van der Waals surface area contributed by atoms with Gasteiger partial charge in [0.2, 0.25) is 0 Å². The number of halogens is 2. The predicted octanol–water partition coefficient (Wildman–Crippen LogP) is 6.85. The van der Waals surface area contributed by atoms with Crippen LogP contribution in [0.2, 0.25) is 0 Å². The molecule has 2 aromatic carbocycles. The Bertz CT molecular complexity index is 1070. The number of benzene rings is 2. The zero-order chi connectivity index (χ0) is 22.2. The van der Waals surface area contributed by atoms with Crippen LogP contribution in [0.25, 0.3) is 11.1 Å². The molecule has 0 amide bonds. The summed E-state index contributed by atoms with van der Waals surface area (Å²) in [6.45, 7) is 10.2. The molecule has 0 aliphatic carbocycles. The number of pyridine rings is 1. The summed E-state index contributed by atoms with van der Waals surface area (Å²) in [6, 6.07) is 19.4. The molecule has 162 valence electrons. The molecule has 0 saturated carbocycles. The van der Waals surface area contributed by atoms with Crippen LogP contribution in [0.4, 0.5) is 8.78 Å². The molecule has 0 bridgehead atoms. The van der Waals surface area contributed by atoms with E-state index in [0.717, 1.165) is 55.5 Å². The van der Waals surface area contributed by atoms with Crippen molar-refractivity contribution in [3.8, 4) is 11.1 Å². The molecule has 2 nitrogen and oxygen atoms in total. The van der Waals surface area contributed by atoms with Gasteiger partial charge in [-0.1, -0.05) is 56.3 Å². The molecule has 0 fully saturated rings. The van der Waals surface area contributed by atoms with E-state index in [2.05, 4.69) is 54.1 Å². The van der Waals surface area contributed by atoms with Crippen molar-refractivity contribution < 1.29 is 8.78 Å². The summed E-state index contributed by atoms with van der Waals surface area (Å²) in [4.78, 5) is 7.14. The van der Waals surface area contributed by atoms with Crippen LogP contribution in [0.5, 0.6) is 0 Å². The summed E-state index contributed by atoms with van der Waals surface area (Å²) in [6.07, 6.45) is 1.07. The Hall–Kier alpha value is -2.59. The zero-order valence-electron chi connectivity index (χ0n) is 18.8. The first-order valence-electron chi connectivity index (χ1n) is 10.9. The van der Waals surface area contributed by atoms with Crippen molar-refractivity contribution in [2.45, 2.75) is 58.5 Å². The Balaban J connectivity index is 1.64. The molecular formula is C27H30F2N2. The number of nitrogens with zero attached hydrogens (tertiary/aromatic N) is 2. The molecule has 0 N–H and O–H groups in total. The fourth-order valence-electron chi connectivity index (χ4n) is 4.46. The highest BCUT2D eigenvalue weighted by Crippen LogP contribution is 2.37. The van der Waals surface area contributed by atoms with E-state index in [-0.39, 0.29) is 11.0 Å². The van der Waals surface area contributed by atoms with E-state index in [1.54, 1.807) is 12.1 Å². The Morgan fingerprint density at radius 2 is 1.71 bits per heavy atom. The van der Waals surface area contributed by atoms with Crippen molar-refractivity contribution in [3.05, 3.63) is 88.7 Å². The maximum Gasteiger partial charge on any atom is 0.270 e. The van der Waals surface area contributed by atoms with Crippen molar-refractivity contribution in [1.29, 1.82) is 0 Å². The van der Waals surface area contributed by atoms with E-state index in [1.807, 2.05) is 13.0 Å². The van der Waals surface area contributed by atoms with Crippen molar-refractivity contribution in [3.63, 3.8) is 0 Å². The lowest BCUT2D eigenvalue weighted by Crippen LogP contribution is -2.25. The summed E-state index contributed by atoms with van der Waals surface area (Å²) in [5.41, 5.74) is 6.96. The Kier molecular flexibility index (Phi) is 5.69. The highest BCUT2D eigenvalue weighted by atomic mass is 19.3. The number of fused-ring (bicyclic) bond motifs is 1. The number of rotatable bonds is 4. The van der Waals surface area contributed by atoms with Gasteiger partial charge in [-0.05, 0) is 65.8 Å². The SMILES string of the molecule is Cc1cccc(CN2CCC(C)(C)c3ccc(-c4ccc(C(C)(F)F)cc4)cc3C2)n1. The normalized spacial score (nSPS) is 16.6. The van der Waals surface area contributed by atoms with Crippen LogP contribution in [0, 0.1) is 6.92 Å². The van der Waals surface area contributed by atoms with E-state index in [1.165, 1.54) is 23.3 Å². The number of aryl methyl sites for hydroxylation is 1. The van der Waals surface area contributed by atoms with Crippen molar-refractivity contribution in [1.82, 2.24) is 9.88 Å². The molecule has 31 heavy (non-hydrogen) atoms. The third-order valence-corrected chi connectivity index (χ3v) is 6.34. The molecule has 1 aliphatic rings. The average molecular weight is 421 g/mol. The number of alkyl halides is 2. The second-order valence-electron chi connectivity index (χ2n) is 9.45. The maximum atomic E-state index is 13.6. The summed E-state index contributed by atoms with van der Waals surface area (Å²) in [5.74, 6) is -2.82. The Morgan fingerprint density at radius 1 is 1.00 bits per heavy atom. The van der Waals surface area contributed by atoms with Crippen LogP contribution >= 0.6 is 0 Å². The molecule has 0 radical (unpaired) electrons. The highest BCUT2D eigenvalue weighted by Gasteiger charge is 2.29. The standard InChI is InChI=1S/C27H30F2N2/c1-19-6-5-7-24(30-19)18-31-15-14-26(2,3)25-13-10-21(16-22(25)17-31)20-8-11-23(12-9-20)27(4,28)29/h5-13,16H,14-15,17-18H2,1-4H3. The Morgan fingerprint density at radius 3 is 2.39 bits per heavy atom. The molecule has 1 aliphatic heterocycles. The van der Waals surface area contributed by atoms with Gasteiger partial charge in [0.05, 0.1) is 5.69 Å². The monoisotopic (exact) mass is 420 g/mol. The van der Waals surface area contributed by atoms with Crippen LogP contribution in [0.1, 0.15) is 55.3 Å². The van der Waals surface area contributed by atoms with Crippen molar-refractivity contribution >= 4 is 0 Å². The van der Waals surface area contributed by atoms with Gasteiger partial charge in [0.25, 0.3) is 5.92 Å². The maximum absolute atomic E-state index is 13.6. The van der Waals surface area contributed by atoms with Crippen LogP contribution in [-0.2, 0) is 24.4 Å². The van der Waals surface area contributed by atoms with Crippen LogP contribution in [0.15, 0.2) is 60.7 Å². The molecule has 0 spiro atoms. The predicted molar refractivity (Wildman–Crippen MR) is 122 cm³/mol. The highest BCUT2D eigenvalue weighted by molar-refractivity contribution is 5.66. The van der Waals surface area contributed by atoms with E-state index >= 15 is 0 Å². The largest absolute Gasteiger partial charge is 0.293 e.